The minimum atomic E-state index is 0.111. The van der Waals surface area contributed by atoms with Crippen LogP contribution < -0.4 is 5.32 Å². The molecule has 0 aliphatic carbocycles. The Bertz CT molecular complexity index is 637. The van der Waals surface area contributed by atoms with E-state index in [1.165, 1.54) is 10.4 Å². The molecule has 0 radical (unpaired) electrons. The molecule has 4 nitrogen and oxygen atoms in total. The zero-order chi connectivity index (χ0) is 15.4. The molecule has 0 bridgehead atoms. The van der Waals surface area contributed by atoms with Gasteiger partial charge in [0.05, 0.1) is 0 Å². The summed E-state index contributed by atoms with van der Waals surface area (Å²) in [5, 5.41) is 5.07. The third-order valence-corrected chi connectivity index (χ3v) is 5.31. The van der Waals surface area contributed by atoms with E-state index in [1.807, 2.05) is 0 Å². The van der Waals surface area contributed by atoms with Crippen molar-refractivity contribution in [2.24, 2.45) is 5.92 Å². The number of carbonyl (C=O) groups is 1. The number of carbonyl (C=O) groups excluding carboxylic acids is 1. The molecule has 2 rings (SSSR count). The molecular formula is C15H21N3OS2. The van der Waals surface area contributed by atoms with Crippen LogP contribution in [0.15, 0.2) is 11.4 Å². The number of hydrogen-bond donors (Lipinski definition) is 1. The lowest BCUT2D eigenvalue weighted by Crippen LogP contribution is -2.27. The molecule has 114 valence electrons. The molecule has 2 aromatic rings. The molecule has 0 atom stereocenters. The Labute approximate surface area is 133 Å². The molecule has 1 N–H and O–H groups in total. The van der Waals surface area contributed by atoms with Gasteiger partial charge in [-0.1, -0.05) is 13.8 Å². The zero-order valence-electron chi connectivity index (χ0n) is 12.9. The smallest absolute Gasteiger partial charge is 0.220 e. The number of nitrogens with zero attached hydrogens (tertiary/aromatic N) is 2. The first-order chi connectivity index (χ1) is 9.99. The largest absolute Gasteiger partial charge is 0.356 e. The lowest BCUT2D eigenvalue weighted by molar-refractivity contribution is -0.120. The predicted molar refractivity (Wildman–Crippen MR) is 90.1 cm³/mol. The van der Waals surface area contributed by atoms with E-state index in [0.717, 1.165) is 27.5 Å². The van der Waals surface area contributed by atoms with Crippen molar-refractivity contribution in [3.05, 3.63) is 16.8 Å². The quantitative estimate of drug-likeness (QED) is 0.652. The molecule has 0 aromatic carbocycles. The van der Waals surface area contributed by atoms with Crippen molar-refractivity contribution >= 4 is 39.2 Å². The summed E-state index contributed by atoms with van der Waals surface area (Å²) in [6.45, 7) is 9.14. The van der Waals surface area contributed by atoms with Crippen molar-refractivity contribution in [1.29, 1.82) is 0 Å². The monoisotopic (exact) mass is 323 g/mol. The van der Waals surface area contributed by atoms with Crippen molar-refractivity contribution in [3.63, 3.8) is 0 Å². The molecule has 0 unspecified atom stereocenters. The fourth-order valence-corrected chi connectivity index (χ4v) is 3.96. The number of hydrogen-bond acceptors (Lipinski definition) is 5. The summed E-state index contributed by atoms with van der Waals surface area (Å²) in [4.78, 5) is 22.7. The van der Waals surface area contributed by atoms with Gasteiger partial charge >= 0.3 is 0 Å². The molecule has 6 heteroatoms. The van der Waals surface area contributed by atoms with Crippen LogP contribution in [-0.2, 0) is 4.79 Å². The second kappa shape index (κ2) is 7.22. The number of amides is 1. The number of thiophene rings is 1. The van der Waals surface area contributed by atoms with Gasteiger partial charge in [-0.25, -0.2) is 9.97 Å². The van der Waals surface area contributed by atoms with Gasteiger partial charge in [0.2, 0.25) is 5.91 Å². The summed E-state index contributed by atoms with van der Waals surface area (Å²) >= 11 is 3.33. The van der Waals surface area contributed by atoms with E-state index in [-0.39, 0.29) is 5.91 Å². The van der Waals surface area contributed by atoms with E-state index in [1.54, 1.807) is 29.4 Å². The van der Waals surface area contributed by atoms with E-state index in [9.17, 15) is 4.79 Å². The Morgan fingerprint density at radius 3 is 2.86 bits per heavy atom. The third-order valence-electron chi connectivity index (χ3n) is 3.21. The van der Waals surface area contributed by atoms with E-state index < -0.39 is 0 Å². The van der Waals surface area contributed by atoms with Crippen LogP contribution >= 0.6 is 23.1 Å². The van der Waals surface area contributed by atoms with Crippen molar-refractivity contribution in [2.75, 3.05) is 12.3 Å². The lowest BCUT2D eigenvalue weighted by atomic mass is 10.2. The van der Waals surface area contributed by atoms with Gasteiger partial charge in [0, 0.05) is 29.0 Å². The third kappa shape index (κ3) is 4.17. The van der Waals surface area contributed by atoms with Gasteiger partial charge in [-0.15, -0.1) is 23.1 Å². The van der Waals surface area contributed by atoms with Crippen LogP contribution in [0.1, 0.15) is 30.7 Å². The second-order valence-electron chi connectivity index (χ2n) is 5.44. The summed E-state index contributed by atoms with van der Waals surface area (Å²) in [5.41, 5.74) is 1.25. The predicted octanol–water partition coefficient (Wildman–Crippen LogP) is 3.56. The highest BCUT2D eigenvalue weighted by molar-refractivity contribution is 7.99. The molecular weight excluding hydrogens is 302 g/mol. The molecule has 0 spiro atoms. The van der Waals surface area contributed by atoms with Gasteiger partial charge in [-0.3, -0.25) is 4.79 Å². The normalized spacial score (nSPS) is 11.3. The fourth-order valence-electron chi connectivity index (χ4n) is 1.91. The summed E-state index contributed by atoms with van der Waals surface area (Å²) in [5.74, 6) is 1.34. The zero-order valence-corrected chi connectivity index (χ0v) is 14.5. The summed E-state index contributed by atoms with van der Waals surface area (Å²) in [7, 11) is 0. The van der Waals surface area contributed by atoms with Gasteiger partial charge < -0.3 is 5.32 Å². The van der Waals surface area contributed by atoms with Gasteiger partial charge in [-0.2, -0.15) is 0 Å². The Hall–Kier alpha value is -1.14. The second-order valence-corrected chi connectivity index (χ2v) is 7.73. The molecule has 1 amide bonds. The Morgan fingerprint density at radius 2 is 2.14 bits per heavy atom. The Kier molecular flexibility index (Phi) is 5.58. The first kappa shape index (κ1) is 16.2. The number of thioether (sulfide) groups is 1. The molecule has 0 saturated carbocycles. The molecule has 0 aliphatic rings. The van der Waals surface area contributed by atoms with Crippen LogP contribution in [-0.4, -0.2) is 28.2 Å². The SMILES string of the molecule is Cc1sc2ncnc(SCCC(=O)NCC(C)C)c2c1C. The maximum Gasteiger partial charge on any atom is 0.220 e. The number of rotatable bonds is 6. The highest BCUT2D eigenvalue weighted by Crippen LogP contribution is 2.34. The van der Waals surface area contributed by atoms with Crippen LogP contribution in [0.5, 0.6) is 0 Å². The number of aromatic nitrogens is 2. The van der Waals surface area contributed by atoms with Crippen LogP contribution in [0, 0.1) is 19.8 Å². The average molecular weight is 323 g/mol. The van der Waals surface area contributed by atoms with Crippen molar-refractivity contribution in [2.45, 2.75) is 39.1 Å². The number of aryl methyl sites for hydroxylation is 2. The molecule has 0 fully saturated rings. The van der Waals surface area contributed by atoms with Gasteiger partial charge in [-0.05, 0) is 25.3 Å². The summed E-state index contributed by atoms with van der Waals surface area (Å²) in [6, 6.07) is 0. The Balaban J connectivity index is 1.96. The van der Waals surface area contributed by atoms with E-state index in [4.69, 9.17) is 0 Å². The van der Waals surface area contributed by atoms with Crippen molar-refractivity contribution in [1.82, 2.24) is 15.3 Å². The maximum atomic E-state index is 11.7. The summed E-state index contributed by atoms with van der Waals surface area (Å²) < 4.78 is 0. The highest BCUT2D eigenvalue weighted by Gasteiger charge is 2.12. The molecule has 2 heterocycles. The minimum absolute atomic E-state index is 0.111. The highest BCUT2D eigenvalue weighted by atomic mass is 32.2. The number of nitrogens with one attached hydrogen (secondary N) is 1. The average Bonchev–Trinajstić information content (AvgIpc) is 2.73. The first-order valence-electron chi connectivity index (χ1n) is 7.09. The van der Waals surface area contributed by atoms with E-state index in [0.29, 0.717) is 12.3 Å². The van der Waals surface area contributed by atoms with Gasteiger partial charge in [0.25, 0.3) is 0 Å². The minimum Gasteiger partial charge on any atom is -0.356 e. The van der Waals surface area contributed by atoms with Crippen LogP contribution in [0.25, 0.3) is 10.2 Å². The Morgan fingerprint density at radius 1 is 1.38 bits per heavy atom. The standard InChI is InChI=1S/C15H21N3OS2/c1-9(2)7-16-12(19)5-6-20-14-13-10(3)11(4)21-15(13)18-8-17-14/h8-9H,5-7H2,1-4H3,(H,16,19). The maximum absolute atomic E-state index is 11.7. The van der Waals surface area contributed by atoms with Crippen molar-refractivity contribution in [3.8, 4) is 0 Å². The van der Waals surface area contributed by atoms with E-state index in [2.05, 4.69) is 43.0 Å². The molecule has 0 aliphatic heterocycles. The lowest BCUT2D eigenvalue weighted by Gasteiger charge is -2.07. The topological polar surface area (TPSA) is 54.9 Å². The summed E-state index contributed by atoms with van der Waals surface area (Å²) in [6.07, 6.45) is 2.13. The molecule has 2 aromatic heterocycles. The van der Waals surface area contributed by atoms with Crippen molar-refractivity contribution < 1.29 is 4.79 Å². The number of fused-ring (bicyclic) bond motifs is 1. The van der Waals surface area contributed by atoms with Gasteiger partial charge in [0.15, 0.2) is 0 Å². The molecule has 0 saturated heterocycles. The van der Waals surface area contributed by atoms with Gasteiger partial charge in [0.1, 0.15) is 16.2 Å². The van der Waals surface area contributed by atoms with Crippen LogP contribution in [0.4, 0.5) is 0 Å². The van der Waals surface area contributed by atoms with E-state index >= 15 is 0 Å². The first-order valence-corrected chi connectivity index (χ1v) is 8.89. The van der Waals surface area contributed by atoms with Crippen LogP contribution in [0.3, 0.4) is 0 Å². The molecule has 21 heavy (non-hydrogen) atoms. The van der Waals surface area contributed by atoms with Crippen LogP contribution in [0.2, 0.25) is 0 Å². The fraction of sp³-hybridized carbons (Fsp3) is 0.533.